The maximum atomic E-state index is 5.69. The summed E-state index contributed by atoms with van der Waals surface area (Å²) in [6, 6.07) is 0. The number of hydrogen-bond acceptors (Lipinski definition) is 5. The van der Waals surface area contributed by atoms with E-state index in [0.717, 1.165) is 36.3 Å². The highest BCUT2D eigenvalue weighted by atomic mass is 32.1. The average molecular weight is 199 g/mol. The van der Waals surface area contributed by atoms with Crippen molar-refractivity contribution >= 4 is 22.3 Å². The standard InChI is InChI=1S/C8H13N3OS/c1-6-7(9)10-8(13-6)11-2-4-12-5-3-11/h2-5,9H2,1H3. The van der Waals surface area contributed by atoms with Crippen LogP contribution < -0.4 is 10.6 Å². The van der Waals surface area contributed by atoms with Crippen LogP contribution in [-0.2, 0) is 4.74 Å². The van der Waals surface area contributed by atoms with Crippen LogP contribution in [0.4, 0.5) is 10.9 Å². The lowest BCUT2D eigenvalue weighted by atomic mass is 10.5. The van der Waals surface area contributed by atoms with Crippen LogP contribution in [-0.4, -0.2) is 31.3 Å². The average Bonchev–Trinajstić information content (AvgIpc) is 2.49. The van der Waals surface area contributed by atoms with Gasteiger partial charge >= 0.3 is 0 Å². The minimum atomic E-state index is 0.659. The van der Waals surface area contributed by atoms with Crippen molar-refractivity contribution in [2.75, 3.05) is 36.9 Å². The molecular weight excluding hydrogens is 186 g/mol. The van der Waals surface area contributed by atoms with Gasteiger partial charge in [0.25, 0.3) is 0 Å². The Morgan fingerprint density at radius 2 is 2.15 bits per heavy atom. The van der Waals surface area contributed by atoms with Gasteiger partial charge in [-0.3, -0.25) is 0 Å². The summed E-state index contributed by atoms with van der Waals surface area (Å²) in [5.74, 6) is 0.659. The molecule has 1 aliphatic rings. The molecule has 4 nitrogen and oxygen atoms in total. The largest absolute Gasteiger partial charge is 0.383 e. The van der Waals surface area contributed by atoms with Gasteiger partial charge in [-0.1, -0.05) is 11.3 Å². The van der Waals surface area contributed by atoms with Crippen molar-refractivity contribution in [3.63, 3.8) is 0 Å². The number of morpholine rings is 1. The molecule has 2 N–H and O–H groups in total. The van der Waals surface area contributed by atoms with Crippen LogP contribution in [0.5, 0.6) is 0 Å². The van der Waals surface area contributed by atoms with Crippen molar-refractivity contribution in [2.24, 2.45) is 0 Å². The van der Waals surface area contributed by atoms with Crippen molar-refractivity contribution in [2.45, 2.75) is 6.92 Å². The maximum Gasteiger partial charge on any atom is 0.187 e. The molecule has 5 heteroatoms. The number of nitrogens with zero attached hydrogens (tertiary/aromatic N) is 2. The highest BCUT2D eigenvalue weighted by Gasteiger charge is 2.15. The predicted molar refractivity (Wildman–Crippen MR) is 54.3 cm³/mol. The summed E-state index contributed by atoms with van der Waals surface area (Å²) in [6.07, 6.45) is 0. The number of aryl methyl sites for hydroxylation is 1. The molecule has 1 aliphatic heterocycles. The predicted octanol–water partition coefficient (Wildman–Crippen LogP) is 0.870. The molecule has 1 aromatic rings. The first-order chi connectivity index (χ1) is 6.27. The van der Waals surface area contributed by atoms with Gasteiger partial charge in [0.15, 0.2) is 5.13 Å². The molecule has 0 saturated carbocycles. The van der Waals surface area contributed by atoms with E-state index in [1.165, 1.54) is 0 Å². The monoisotopic (exact) mass is 199 g/mol. The summed E-state index contributed by atoms with van der Waals surface area (Å²) in [5.41, 5.74) is 5.69. The minimum Gasteiger partial charge on any atom is -0.383 e. The van der Waals surface area contributed by atoms with Crippen LogP contribution in [0.3, 0.4) is 0 Å². The number of thiazole rings is 1. The fraction of sp³-hybridized carbons (Fsp3) is 0.625. The minimum absolute atomic E-state index is 0.659. The zero-order valence-corrected chi connectivity index (χ0v) is 8.43. The van der Waals surface area contributed by atoms with Gasteiger partial charge in [0.05, 0.1) is 13.2 Å². The van der Waals surface area contributed by atoms with Crippen molar-refractivity contribution in [3.8, 4) is 0 Å². The molecule has 0 spiro atoms. The van der Waals surface area contributed by atoms with Gasteiger partial charge < -0.3 is 15.4 Å². The van der Waals surface area contributed by atoms with Crippen molar-refractivity contribution in [1.82, 2.24) is 4.98 Å². The second-order valence-corrected chi connectivity index (χ2v) is 4.22. The lowest BCUT2D eigenvalue weighted by molar-refractivity contribution is 0.122. The van der Waals surface area contributed by atoms with E-state index in [4.69, 9.17) is 10.5 Å². The van der Waals surface area contributed by atoms with Gasteiger partial charge in [-0.2, -0.15) is 0 Å². The molecule has 2 rings (SSSR count). The third kappa shape index (κ3) is 1.76. The Kier molecular flexibility index (Phi) is 2.37. The van der Waals surface area contributed by atoms with E-state index in [2.05, 4.69) is 9.88 Å². The molecule has 0 amide bonds. The number of aromatic nitrogens is 1. The second kappa shape index (κ2) is 3.51. The number of nitrogens with two attached hydrogens (primary N) is 1. The molecule has 0 unspecified atom stereocenters. The second-order valence-electron chi connectivity index (χ2n) is 3.04. The molecule has 2 heterocycles. The Bertz CT molecular complexity index is 274. The number of nitrogen functional groups attached to an aromatic ring is 1. The smallest absolute Gasteiger partial charge is 0.187 e. The highest BCUT2D eigenvalue weighted by Crippen LogP contribution is 2.27. The summed E-state index contributed by atoms with van der Waals surface area (Å²) in [6.45, 7) is 5.42. The van der Waals surface area contributed by atoms with Gasteiger partial charge in [0.1, 0.15) is 5.82 Å². The summed E-state index contributed by atoms with van der Waals surface area (Å²) >= 11 is 1.66. The van der Waals surface area contributed by atoms with Gasteiger partial charge in [0.2, 0.25) is 0 Å². The molecule has 1 saturated heterocycles. The molecule has 0 bridgehead atoms. The van der Waals surface area contributed by atoms with Gasteiger partial charge in [-0.25, -0.2) is 4.98 Å². The van der Waals surface area contributed by atoms with Crippen LogP contribution in [0.2, 0.25) is 0 Å². The normalized spacial score (nSPS) is 17.8. The summed E-state index contributed by atoms with van der Waals surface area (Å²) in [4.78, 5) is 7.62. The Morgan fingerprint density at radius 1 is 1.46 bits per heavy atom. The first kappa shape index (κ1) is 8.77. The number of ether oxygens (including phenoxy) is 1. The molecule has 0 atom stereocenters. The van der Waals surface area contributed by atoms with E-state index < -0.39 is 0 Å². The SMILES string of the molecule is Cc1sc(N2CCOCC2)nc1N. The lowest BCUT2D eigenvalue weighted by Gasteiger charge is -2.25. The molecule has 1 fully saturated rings. The Labute approximate surface area is 81.3 Å². The van der Waals surface area contributed by atoms with E-state index in [1.54, 1.807) is 11.3 Å². The van der Waals surface area contributed by atoms with E-state index in [0.29, 0.717) is 5.82 Å². The summed E-state index contributed by atoms with van der Waals surface area (Å²) < 4.78 is 5.26. The molecule has 72 valence electrons. The van der Waals surface area contributed by atoms with Crippen molar-refractivity contribution in [3.05, 3.63) is 4.88 Å². The first-order valence-electron chi connectivity index (χ1n) is 4.33. The fourth-order valence-corrected chi connectivity index (χ4v) is 2.16. The zero-order chi connectivity index (χ0) is 9.26. The van der Waals surface area contributed by atoms with Crippen molar-refractivity contribution < 1.29 is 4.74 Å². The van der Waals surface area contributed by atoms with Gasteiger partial charge in [-0.05, 0) is 6.92 Å². The summed E-state index contributed by atoms with van der Waals surface area (Å²) in [5, 5.41) is 1.03. The maximum absolute atomic E-state index is 5.69. The lowest BCUT2D eigenvalue weighted by Crippen LogP contribution is -2.36. The Balaban J connectivity index is 2.14. The quantitative estimate of drug-likeness (QED) is 0.729. The molecule has 13 heavy (non-hydrogen) atoms. The third-order valence-electron chi connectivity index (χ3n) is 2.10. The van der Waals surface area contributed by atoms with Crippen molar-refractivity contribution in [1.29, 1.82) is 0 Å². The Morgan fingerprint density at radius 3 is 2.69 bits per heavy atom. The van der Waals surface area contributed by atoms with Crippen LogP contribution in [0.25, 0.3) is 0 Å². The number of anilines is 2. The first-order valence-corrected chi connectivity index (χ1v) is 5.14. The van der Waals surface area contributed by atoms with Crippen LogP contribution in [0, 0.1) is 6.92 Å². The van der Waals surface area contributed by atoms with Gasteiger partial charge in [0, 0.05) is 18.0 Å². The third-order valence-corrected chi connectivity index (χ3v) is 3.15. The summed E-state index contributed by atoms with van der Waals surface area (Å²) in [7, 11) is 0. The van der Waals surface area contributed by atoms with E-state index in [-0.39, 0.29) is 0 Å². The Hall–Kier alpha value is -0.810. The highest BCUT2D eigenvalue weighted by molar-refractivity contribution is 7.16. The van der Waals surface area contributed by atoms with Gasteiger partial charge in [-0.15, -0.1) is 0 Å². The number of rotatable bonds is 1. The van der Waals surface area contributed by atoms with Crippen LogP contribution in [0.1, 0.15) is 4.88 Å². The van der Waals surface area contributed by atoms with Crippen LogP contribution in [0.15, 0.2) is 0 Å². The van der Waals surface area contributed by atoms with E-state index >= 15 is 0 Å². The fourth-order valence-electron chi connectivity index (χ4n) is 1.28. The zero-order valence-electron chi connectivity index (χ0n) is 7.62. The molecule has 0 aromatic carbocycles. The molecular formula is C8H13N3OS. The van der Waals surface area contributed by atoms with Crippen LogP contribution >= 0.6 is 11.3 Å². The van der Waals surface area contributed by atoms with E-state index in [1.807, 2.05) is 6.92 Å². The number of hydrogen-bond donors (Lipinski definition) is 1. The molecule has 1 aromatic heterocycles. The molecule has 0 aliphatic carbocycles. The van der Waals surface area contributed by atoms with E-state index in [9.17, 15) is 0 Å². The topological polar surface area (TPSA) is 51.4 Å². The molecule has 0 radical (unpaired) electrons.